The summed E-state index contributed by atoms with van der Waals surface area (Å²) in [5.41, 5.74) is 0.957. The summed E-state index contributed by atoms with van der Waals surface area (Å²) in [4.78, 5) is 21.0. The second-order valence-electron chi connectivity index (χ2n) is 1.73. The van der Waals surface area contributed by atoms with Crippen molar-refractivity contribution in [2.24, 2.45) is 0 Å². The maximum absolute atomic E-state index is 10.4. The minimum atomic E-state index is -0.0370. The molecule has 3 heteroatoms. The Kier molecular flexibility index (Phi) is 3.87. The van der Waals surface area contributed by atoms with Crippen molar-refractivity contribution in [3.8, 4) is 0 Å². The summed E-state index contributed by atoms with van der Waals surface area (Å²) in [6, 6.07) is 3.40. The molecule has 3 nitrogen and oxygen atoms in total. The van der Waals surface area contributed by atoms with Crippen LogP contribution >= 0.6 is 0 Å². The first-order chi connectivity index (χ1) is 4.79. The van der Waals surface area contributed by atoms with Gasteiger partial charge >= 0.3 is 0 Å². The number of nitrogens with one attached hydrogen (secondary N) is 1. The van der Waals surface area contributed by atoms with Gasteiger partial charge in [0, 0.05) is 12.3 Å². The zero-order valence-electron chi connectivity index (χ0n) is 5.76. The Balaban J connectivity index is 0.000000371. The molecular formula is C7H9NO2. The van der Waals surface area contributed by atoms with E-state index in [1.807, 2.05) is 19.8 Å². The van der Waals surface area contributed by atoms with Crippen molar-refractivity contribution in [3.63, 3.8) is 0 Å². The van der Waals surface area contributed by atoms with Gasteiger partial charge in [0.1, 0.15) is 6.79 Å². The average molecular weight is 139 g/mol. The summed E-state index contributed by atoms with van der Waals surface area (Å²) < 4.78 is 0. The Labute approximate surface area is 58.7 Å². The van der Waals surface area contributed by atoms with Crippen molar-refractivity contribution in [3.05, 3.63) is 34.2 Å². The van der Waals surface area contributed by atoms with Gasteiger partial charge < -0.3 is 9.78 Å². The molecule has 1 N–H and O–H groups in total. The van der Waals surface area contributed by atoms with E-state index in [-0.39, 0.29) is 5.56 Å². The summed E-state index contributed by atoms with van der Waals surface area (Å²) >= 11 is 0. The zero-order valence-corrected chi connectivity index (χ0v) is 5.76. The maximum Gasteiger partial charge on any atom is 0.248 e. The molecule has 0 aliphatic rings. The van der Waals surface area contributed by atoms with Crippen LogP contribution in [0.4, 0.5) is 0 Å². The fraction of sp³-hybridized carbons (Fsp3) is 0.143. The van der Waals surface area contributed by atoms with Gasteiger partial charge in [-0.25, -0.2) is 0 Å². The molecule has 1 rings (SSSR count). The van der Waals surface area contributed by atoms with E-state index in [0.29, 0.717) is 0 Å². The second-order valence-corrected chi connectivity index (χ2v) is 1.73. The van der Waals surface area contributed by atoms with Crippen LogP contribution in [0.5, 0.6) is 0 Å². The predicted molar refractivity (Wildman–Crippen MR) is 38.9 cm³/mol. The lowest BCUT2D eigenvalue weighted by molar-refractivity contribution is -0.0979. The lowest BCUT2D eigenvalue weighted by Gasteiger charge is -1.83. The summed E-state index contributed by atoms with van der Waals surface area (Å²) in [5, 5.41) is 0. The lowest BCUT2D eigenvalue weighted by atomic mass is 10.3. The van der Waals surface area contributed by atoms with Crippen LogP contribution in [0.3, 0.4) is 0 Å². The molecule has 0 atom stereocenters. The number of rotatable bonds is 0. The Hall–Kier alpha value is -1.38. The number of hydrogen-bond acceptors (Lipinski definition) is 2. The number of carbonyl (C=O) groups excluding carboxylic acids is 1. The van der Waals surface area contributed by atoms with Gasteiger partial charge in [0.2, 0.25) is 5.56 Å². The van der Waals surface area contributed by atoms with Crippen molar-refractivity contribution in [1.82, 2.24) is 4.98 Å². The van der Waals surface area contributed by atoms with Crippen molar-refractivity contribution in [2.75, 3.05) is 0 Å². The summed E-state index contributed by atoms with van der Waals surface area (Å²) in [6.07, 6.45) is 1.64. The Bertz CT molecular complexity index is 241. The molecule has 0 saturated carbocycles. The summed E-state index contributed by atoms with van der Waals surface area (Å²) in [6.45, 7) is 3.88. The number of H-pyrrole nitrogens is 1. The summed E-state index contributed by atoms with van der Waals surface area (Å²) in [5.74, 6) is 0. The first-order valence-corrected chi connectivity index (χ1v) is 2.73. The molecule has 0 aliphatic carbocycles. The smallest absolute Gasteiger partial charge is 0.248 e. The van der Waals surface area contributed by atoms with Crippen molar-refractivity contribution in [1.29, 1.82) is 0 Å². The number of pyridine rings is 1. The molecule has 1 aromatic heterocycles. The van der Waals surface area contributed by atoms with E-state index >= 15 is 0 Å². The van der Waals surface area contributed by atoms with Crippen LogP contribution in [0.2, 0.25) is 0 Å². The minimum absolute atomic E-state index is 0.0370. The highest BCUT2D eigenvalue weighted by Crippen LogP contribution is 1.84. The quantitative estimate of drug-likeness (QED) is 0.569. The standard InChI is InChI=1S/C6H7NO.CH2O/c1-5-2-3-7-6(8)4-5;1-2/h2-4H,1H3,(H,7,8);1H2. The van der Waals surface area contributed by atoms with E-state index in [2.05, 4.69) is 4.98 Å². The van der Waals surface area contributed by atoms with E-state index in [1.54, 1.807) is 12.3 Å². The first kappa shape index (κ1) is 8.62. The van der Waals surface area contributed by atoms with Crippen LogP contribution in [0.25, 0.3) is 0 Å². The summed E-state index contributed by atoms with van der Waals surface area (Å²) in [7, 11) is 0. The molecule has 1 aromatic rings. The fourth-order valence-electron chi connectivity index (χ4n) is 0.552. The molecule has 10 heavy (non-hydrogen) atoms. The van der Waals surface area contributed by atoms with E-state index in [1.165, 1.54) is 0 Å². The Morgan fingerprint density at radius 3 is 2.40 bits per heavy atom. The highest BCUT2D eigenvalue weighted by molar-refractivity contribution is 5.11. The molecule has 54 valence electrons. The van der Waals surface area contributed by atoms with E-state index in [4.69, 9.17) is 4.79 Å². The number of hydrogen-bond donors (Lipinski definition) is 1. The van der Waals surface area contributed by atoms with Crippen LogP contribution in [0.1, 0.15) is 5.56 Å². The minimum Gasteiger partial charge on any atom is -0.329 e. The van der Waals surface area contributed by atoms with Crippen LogP contribution in [-0.4, -0.2) is 11.8 Å². The molecule has 0 unspecified atom stereocenters. The lowest BCUT2D eigenvalue weighted by Crippen LogP contribution is -2.01. The van der Waals surface area contributed by atoms with Crippen LogP contribution in [0, 0.1) is 6.92 Å². The zero-order chi connectivity index (χ0) is 7.98. The first-order valence-electron chi connectivity index (χ1n) is 2.73. The molecule has 0 bridgehead atoms. The number of carbonyl (C=O) groups is 1. The van der Waals surface area contributed by atoms with Crippen LogP contribution in [0.15, 0.2) is 23.1 Å². The molecule has 0 saturated heterocycles. The molecule has 0 amide bonds. The highest BCUT2D eigenvalue weighted by atomic mass is 16.1. The second kappa shape index (κ2) is 4.49. The number of aromatic nitrogens is 1. The third kappa shape index (κ3) is 2.81. The SMILES string of the molecule is C=O.Cc1cc[nH]c(=O)c1. The Morgan fingerprint density at radius 1 is 1.50 bits per heavy atom. The maximum atomic E-state index is 10.4. The van der Waals surface area contributed by atoms with Crippen LogP contribution < -0.4 is 5.56 Å². The topological polar surface area (TPSA) is 49.9 Å². The molecular weight excluding hydrogens is 130 g/mol. The molecule has 0 aliphatic heterocycles. The van der Waals surface area contributed by atoms with Gasteiger partial charge in [-0.05, 0) is 18.6 Å². The van der Waals surface area contributed by atoms with Gasteiger partial charge in [-0.2, -0.15) is 0 Å². The van der Waals surface area contributed by atoms with Crippen molar-refractivity contribution in [2.45, 2.75) is 6.92 Å². The average Bonchev–Trinajstić information content (AvgIpc) is 1.91. The normalized spacial score (nSPS) is 7.70. The molecule has 1 heterocycles. The van der Waals surface area contributed by atoms with E-state index in [0.717, 1.165) is 5.56 Å². The van der Waals surface area contributed by atoms with Gasteiger partial charge in [0.05, 0.1) is 0 Å². The predicted octanol–water partition coefficient (Wildman–Crippen LogP) is 0.498. The van der Waals surface area contributed by atoms with Gasteiger partial charge in [-0.3, -0.25) is 4.79 Å². The third-order valence-electron chi connectivity index (χ3n) is 0.931. The molecule has 0 fully saturated rings. The number of aryl methyl sites for hydroxylation is 1. The van der Waals surface area contributed by atoms with Gasteiger partial charge in [-0.1, -0.05) is 0 Å². The Morgan fingerprint density at radius 2 is 2.10 bits per heavy atom. The number of aromatic amines is 1. The van der Waals surface area contributed by atoms with Crippen molar-refractivity contribution >= 4 is 6.79 Å². The van der Waals surface area contributed by atoms with Gasteiger partial charge in [0.25, 0.3) is 0 Å². The van der Waals surface area contributed by atoms with Crippen LogP contribution in [-0.2, 0) is 4.79 Å². The largest absolute Gasteiger partial charge is 0.329 e. The van der Waals surface area contributed by atoms with Crippen molar-refractivity contribution < 1.29 is 4.79 Å². The van der Waals surface area contributed by atoms with Gasteiger partial charge in [-0.15, -0.1) is 0 Å². The molecule has 0 spiro atoms. The highest BCUT2D eigenvalue weighted by Gasteiger charge is 1.80. The molecule has 0 radical (unpaired) electrons. The third-order valence-corrected chi connectivity index (χ3v) is 0.931. The fourth-order valence-corrected chi connectivity index (χ4v) is 0.552. The molecule has 0 aromatic carbocycles. The van der Waals surface area contributed by atoms with Gasteiger partial charge in [0.15, 0.2) is 0 Å². The monoisotopic (exact) mass is 139 g/mol. The van der Waals surface area contributed by atoms with E-state index in [9.17, 15) is 4.79 Å². The van der Waals surface area contributed by atoms with E-state index < -0.39 is 0 Å².